The Labute approximate surface area is 160 Å². The monoisotopic (exact) mass is 376 g/mol. The first kappa shape index (κ1) is 24.7. The summed E-state index contributed by atoms with van der Waals surface area (Å²) in [6.07, 6.45) is 23.4. The Morgan fingerprint density at radius 1 is 0.458 bits per heavy atom. The van der Waals surface area contributed by atoms with Gasteiger partial charge in [-0.25, -0.2) is 0 Å². The molecule has 0 aromatic carbocycles. The van der Waals surface area contributed by atoms with Crippen LogP contribution in [-0.2, 0) is 0 Å². The second kappa shape index (κ2) is 23.7. The van der Waals surface area contributed by atoms with Gasteiger partial charge in [-0.05, 0) is 19.3 Å². The number of hydrogen-bond donors (Lipinski definition) is 1. The summed E-state index contributed by atoms with van der Waals surface area (Å²) in [4.78, 5) is 0. The van der Waals surface area contributed by atoms with E-state index in [0.717, 1.165) is 6.42 Å². The third-order valence-corrected chi connectivity index (χ3v) is 7.13. The number of aliphatic hydroxyl groups is 1. The van der Waals surface area contributed by atoms with Crippen molar-refractivity contribution in [2.45, 2.75) is 116 Å². The molecule has 1 N–H and O–H groups in total. The van der Waals surface area contributed by atoms with Gasteiger partial charge in [0.2, 0.25) is 0 Å². The number of unbranched alkanes of at least 4 members (excludes halogenated alkanes) is 15. The molecule has 0 saturated heterocycles. The van der Waals surface area contributed by atoms with Crippen LogP contribution < -0.4 is 0 Å². The molecule has 1 nitrogen and oxygen atoms in total. The van der Waals surface area contributed by atoms with Crippen molar-refractivity contribution in [2.24, 2.45) is 0 Å². The maximum atomic E-state index is 8.71. The smallest absolute Gasteiger partial charge is 0.0431 e. The molecular formula is C21H44OS2. The zero-order valence-corrected chi connectivity index (χ0v) is 18.0. The fourth-order valence-corrected chi connectivity index (χ4v) is 5.22. The summed E-state index contributed by atoms with van der Waals surface area (Å²) >= 11 is 0. The summed E-state index contributed by atoms with van der Waals surface area (Å²) in [6.45, 7) is 2.66. The summed E-state index contributed by atoms with van der Waals surface area (Å²) in [5.74, 6) is 2.70. The van der Waals surface area contributed by atoms with E-state index in [2.05, 4.69) is 28.5 Å². The Hall–Kier alpha value is 0.660. The second-order valence-corrected chi connectivity index (χ2v) is 9.73. The van der Waals surface area contributed by atoms with Crippen LogP contribution in [0.2, 0.25) is 0 Å². The van der Waals surface area contributed by atoms with Crippen molar-refractivity contribution in [2.75, 3.05) is 18.1 Å². The van der Waals surface area contributed by atoms with Crippen LogP contribution >= 0.6 is 21.6 Å². The molecule has 0 fully saturated rings. The van der Waals surface area contributed by atoms with E-state index in [4.69, 9.17) is 5.11 Å². The minimum absolute atomic E-state index is 0.370. The van der Waals surface area contributed by atoms with Crippen LogP contribution in [0, 0.1) is 0 Å². The molecule has 24 heavy (non-hydrogen) atoms. The van der Waals surface area contributed by atoms with Crippen molar-refractivity contribution >= 4 is 21.6 Å². The van der Waals surface area contributed by atoms with Gasteiger partial charge in [0.05, 0.1) is 0 Å². The Bertz CT molecular complexity index is 190. The Morgan fingerprint density at radius 3 is 1.17 bits per heavy atom. The van der Waals surface area contributed by atoms with Crippen LogP contribution in [0.4, 0.5) is 0 Å². The highest BCUT2D eigenvalue weighted by atomic mass is 33.1. The summed E-state index contributed by atoms with van der Waals surface area (Å²) in [7, 11) is 4.20. The maximum Gasteiger partial charge on any atom is 0.0431 e. The summed E-state index contributed by atoms with van der Waals surface area (Å²) in [5, 5.41) is 8.71. The molecular weight excluding hydrogens is 332 g/mol. The Balaban J connectivity index is 2.93. The van der Waals surface area contributed by atoms with Crippen LogP contribution in [0.3, 0.4) is 0 Å². The Morgan fingerprint density at radius 2 is 0.792 bits per heavy atom. The van der Waals surface area contributed by atoms with E-state index in [1.165, 1.54) is 114 Å². The van der Waals surface area contributed by atoms with Gasteiger partial charge >= 0.3 is 0 Å². The average molecular weight is 377 g/mol. The van der Waals surface area contributed by atoms with Crippen molar-refractivity contribution in [3.63, 3.8) is 0 Å². The SMILES string of the molecule is CCCCCCCCCCSSCCCCCCCCCCCO. The molecule has 0 saturated carbocycles. The molecule has 0 rings (SSSR count). The van der Waals surface area contributed by atoms with Crippen LogP contribution in [0.1, 0.15) is 116 Å². The molecule has 0 atom stereocenters. The standard InChI is InChI=1S/C21H44OS2/c1-2-3-4-5-6-11-14-17-20-23-24-21-18-15-12-9-7-8-10-13-16-19-22/h22H,2-21H2,1H3. The van der Waals surface area contributed by atoms with E-state index in [-0.39, 0.29) is 0 Å². The molecule has 0 aromatic heterocycles. The molecule has 0 bridgehead atoms. The van der Waals surface area contributed by atoms with Gasteiger partial charge in [-0.1, -0.05) is 118 Å². The normalized spacial score (nSPS) is 11.2. The lowest BCUT2D eigenvalue weighted by molar-refractivity contribution is 0.282. The highest BCUT2D eigenvalue weighted by molar-refractivity contribution is 8.76. The minimum atomic E-state index is 0.370. The van der Waals surface area contributed by atoms with Gasteiger partial charge in [0, 0.05) is 18.1 Å². The third-order valence-electron chi connectivity index (χ3n) is 4.55. The van der Waals surface area contributed by atoms with Gasteiger partial charge in [0.15, 0.2) is 0 Å². The van der Waals surface area contributed by atoms with Crippen LogP contribution in [0.25, 0.3) is 0 Å². The molecule has 146 valence electrons. The van der Waals surface area contributed by atoms with Gasteiger partial charge in [-0.3, -0.25) is 0 Å². The van der Waals surface area contributed by atoms with Crippen molar-refractivity contribution in [1.82, 2.24) is 0 Å². The molecule has 3 heteroatoms. The van der Waals surface area contributed by atoms with Crippen molar-refractivity contribution in [3.8, 4) is 0 Å². The summed E-state index contributed by atoms with van der Waals surface area (Å²) in [6, 6.07) is 0. The van der Waals surface area contributed by atoms with E-state index in [9.17, 15) is 0 Å². The van der Waals surface area contributed by atoms with Gasteiger partial charge < -0.3 is 5.11 Å². The lowest BCUT2D eigenvalue weighted by atomic mass is 10.1. The zero-order chi connectivity index (χ0) is 17.6. The first-order valence-corrected chi connectivity index (χ1v) is 13.3. The van der Waals surface area contributed by atoms with E-state index >= 15 is 0 Å². The second-order valence-electron chi connectivity index (χ2n) is 7.02. The summed E-state index contributed by atoms with van der Waals surface area (Å²) in [5.41, 5.74) is 0. The number of rotatable bonds is 21. The van der Waals surface area contributed by atoms with Crippen LogP contribution in [0.15, 0.2) is 0 Å². The fourth-order valence-electron chi connectivity index (χ4n) is 2.92. The van der Waals surface area contributed by atoms with Crippen molar-refractivity contribution in [3.05, 3.63) is 0 Å². The summed E-state index contributed by atoms with van der Waals surface area (Å²) < 4.78 is 0. The fraction of sp³-hybridized carbons (Fsp3) is 1.00. The molecule has 0 radical (unpaired) electrons. The molecule has 0 aliphatic carbocycles. The van der Waals surface area contributed by atoms with Crippen LogP contribution in [0.5, 0.6) is 0 Å². The highest BCUT2D eigenvalue weighted by Crippen LogP contribution is 2.24. The lowest BCUT2D eigenvalue weighted by Crippen LogP contribution is -1.85. The quantitative estimate of drug-likeness (QED) is 0.162. The predicted octanol–water partition coefficient (Wildman–Crippen LogP) is 8.01. The van der Waals surface area contributed by atoms with Gasteiger partial charge in [0.1, 0.15) is 0 Å². The van der Waals surface area contributed by atoms with Gasteiger partial charge in [-0.15, -0.1) is 0 Å². The molecule has 0 unspecified atom stereocenters. The number of aliphatic hydroxyl groups excluding tert-OH is 1. The first-order valence-electron chi connectivity index (χ1n) is 10.8. The van der Waals surface area contributed by atoms with E-state index < -0.39 is 0 Å². The molecule has 0 aromatic rings. The van der Waals surface area contributed by atoms with Gasteiger partial charge in [-0.2, -0.15) is 0 Å². The maximum absolute atomic E-state index is 8.71. The average Bonchev–Trinajstić information content (AvgIpc) is 2.60. The van der Waals surface area contributed by atoms with E-state index in [1.54, 1.807) is 0 Å². The zero-order valence-electron chi connectivity index (χ0n) is 16.4. The lowest BCUT2D eigenvalue weighted by Gasteiger charge is -2.03. The largest absolute Gasteiger partial charge is 0.396 e. The Kier molecular flexibility index (Phi) is 24.3. The van der Waals surface area contributed by atoms with Gasteiger partial charge in [0.25, 0.3) is 0 Å². The minimum Gasteiger partial charge on any atom is -0.396 e. The van der Waals surface area contributed by atoms with E-state index in [0.29, 0.717) is 6.61 Å². The van der Waals surface area contributed by atoms with Crippen LogP contribution in [-0.4, -0.2) is 23.2 Å². The predicted molar refractivity (Wildman–Crippen MR) is 116 cm³/mol. The number of hydrogen-bond acceptors (Lipinski definition) is 3. The highest BCUT2D eigenvalue weighted by Gasteiger charge is 1.95. The van der Waals surface area contributed by atoms with Crippen molar-refractivity contribution in [1.29, 1.82) is 0 Å². The molecule has 0 amide bonds. The first-order chi connectivity index (χ1) is 11.9. The molecule has 0 aliphatic rings. The van der Waals surface area contributed by atoms with Crippen molar-refractivity contribution < 1.29 is 5.11 Å². The molecule has 0 spiro atoms. The third kappa shape index (κ3) is 22.7. The molecule has 0 aliphatic heterocycles. The van der Waals surface area contributed by atoms with E-state index in [1.807, 2.05) is 0 Å². The molecule has 0 heterocycles. The topological polar surface area (TPSA) is 20.2 Å².